The first-order chi connectivity index (χ1) is 9.88. The molecule has 0 amide bonds. The number of aliphatic hydroxyl groups excluding tert-OH is 1. The molecule has 0 spiro atoms. The van der Waals surface area contributed by atoms with Crippen LogP contribution in [-0.2, 0) is 6.18 Å². The minimum atomic E-state index is -4.45. The number of nitrogens with zero attached hydrogens (tertiary/aromatic N) is 2. The minimum absolute atomic E-state index is 0.0297. The number of aromatic nitrogens is 2. The normalized spacial score (nSPS) is 13.0. The molecule has 8 heteroatoms. The lowest BCUT2D eigenvalue weighted by Gasteiger charge is -2.15. The third-order valence-electron chi connectivity index (χ3n) is 2.73. The number of benzene rings is 1. The van der Waals surface area contributed by atoms with E-state index in [0.717, 1.165) is 12.1 Å². The SMILES string of the molecule is OC(CNc1ncncc1Cl)c1cccc(C(F)(F)F)c1. The van der Waals surface area contributed by atoms with Crippen LogP contribution in [0.25, 0.3) is 0 Å². The lowest BCUT2D eigenvalue weighted by Crippen LogP contribution is -2.14. The predicted octanol–water partition coefficient (Wildman–Crippen LogP) is 3.29. The summed E-state index contributed by atoms with van der Waals surface area (Å²) in [5.74, 6) is 0.303. The van der Waals surface area contributed by atoms with Gasteiger partial charge in [0.1, 0.15) is 17.2 Å². The van der Waals surface area contributed by atoms with Crippen molar-refractivity contribution >= 4 is 17.4 Å². The molecule has 2 aromatic rings. The Labute approximate surface area is 123 Å². The van der Waals surface area contributed by atoms with Crippen molar-refractivity contribution in [3.63, 3.8) is 0 Å². The van der Waals surface area contributed by atoms with Gasteiger partial charge in [-0.3, -0.25) is 0 Å². The van der Waals surface area contributed by atoms with Gasteiger partial charge < -0.3 is 10.4 Å². The highest BCUT2D eigenvalue weighted by molar-refractivity contribution is 6.32. The van der Waals surface area contributed by atoms with Gasteiger partial charge in [-0.2, -0.15) is 13.2 Å². The second kappa shape index (κ2) is 6.28. The molecule has 1 aromatic heterocycles. The fourth-order valence-corrected chi connectivity index (χ4v) is 1.85. The average Bonchev–Trinajstić information content (AvgIpc) is 2.45. The van der Waals surface area contributed by atoms with Gasteiger partial charge in [-0.1, -0.05) is 23.7 Å². The van der Waals surface area contributed by atoms with E-state index in [1.807, 2.05) is 0 Å². The van der Waals surface area contributed by atoms with Gasteiger partial charge in [-0.05, 0) is 17.7 Å². The molecule has 1 unspecified atom stereocenters. The van der Waals surface area contributed by atoms with Gasteiger partial charge in [0.15, 0.2) is 0 Å². The van der Waals surface area contributed by atoms with Crippen molar-refractivity contribution in [2.45, 2.75) is 12.3 Å². The van der Waals surface area contributed by atoms with Crippen molar-refractivity contribution in [3.8, 4) is 0 Å². The zero-order valence-electron chi connectivity index (χ0n) is 10.6. The maximum absolute atomic E-state index is 12.6. The summed E-state index contributed by atoms with van der Waals surface area (Å²) in [6, 6.07) is 4.53. The van der Waals surface area contributed by atoms with E-state index >= 15 is 0 Å². The van der Waals surface area contributed by atoms with Crippen LogP contribution in [0, 0.1) is 0 Å². The molecule has 0 aliphatic rings. The standard InChI is InChI=1S/C13H11ClF3N3O/c14-10-5-18-7-20-12(10)19-6-11(21)8-2-1-3-9(4-8)13(15,16)17/h1-5,7,11,21H,6H2,(H,18,19,20). The Bertz CT molecular complexity index is 622. The highest BCUT2D eigenvalue weighted by Gasteiger charge is 2.30. The summed E-state index contributed by atoms with van der Waals surface area (Å²) in [6.07, 6.45) is -2.93. The molecule has 4 nitrogen and oxygen atoms in total. The number of hydrogen-bond acceptors (Lipinski definition) is 4. The summed E-state index contributed by atoms with van der Waals surface area (Å²) in [4.78, 5) is 7.55. The van der Waals surface area contributed by atoms with Crippen molar-refractivity contribution in [3.05, 3.63) is 52.9 Å². The molecular weight excluding hydrogens is 307 g/mol. The maximum Gasteiger partial charge on any atom is 0.416 e. The summed E-state index contributed by atoms with van der Waals surface area (Å²) >= 11 is 5.82. The van der Waals surface area contributed by atoms with Crippen LogP contribution in [0.2, 0.25) is 5.02 Å². The predicted molar refractivity (Wildman–Crippen MR) is 71.9 cm³/mol. The summed E-state index contributed by atoms with van der Waals surface area (Å²) in [6.45, 7) is -0.0297. The fourth-order valence-electron chi connectivity index (χ4n) is 1.68. The number of anilines is 1. The van der Waals surface area contributed by atoms with Crippen molar-refractivity contribution in [1.29, 1.82) is 0 Å². The molecule has 0 aliphatic heterocycles. The van der Waals surface area contributed by atoms with E-state index in [2.05, 4.69) is 15.3 Å². The zero-order valence-corrected chi connectivity index (χ0v) is 11.4. The van der Waals surface area contributed by atoms with Gasteiger partial charge in [-0.25, -0.2) is 9.97 Å². The Morgan fingerprint density at radius 1 is 1.33 bits per heavy atom. The largest absolute Gasteiger partial charge is 0.416 e. The van der Waals surface area contributed by atoms with E-state index in [1.54, 1.807) is 0 Å². The molecule has 0 saturated carbocycles. The monoisotopic (exact) mass is 317 g/mol. The molecule has 2 N–H and O–H groups in total. The van der Waals surface area contributed by atoms with Crippen LogP contribution in [-0.4, -0.2) is 21.6 Å². The second-order valence-electron chi connectivity index (χ2n) is 4.24. The number of alkyl halides is 3. The van der Waals surface area contributed by atoms with Gasteiger partial charge in [0.25, 0.3) is 0 Å². The van der Waals surface area contributed by atoms with E-state index in [9.17, 15) is 18.3 Å². The number of aliphatic hydroxyl groups is 1. The molecular formula is C13H11ClF3N3O. The maximum atomic E-state index is 12.6. The second-order valence-corrected chi connectivity index (χ2v) is 4.65. The van der Waals surface area contributed by atoms with Crippen LogP contribution in [0.1, 0.15) is 17.2 Å². The molecule has 2 rings (SSSR count). The molecule has 21 heavy (non-hydrogen) atoms. The molecule has 0 radical (unpaired) electrons. The van der Waals surface area contributed by atoms with E-state index < -0.39 is 17.8 Å². The van der Waals surface area contributed by atoms with E-state index in [0.29, 0.717) is 5.82 Å². The topological polar surface area (TPSA) is 58.0 Å². The van der Waals surface area contributed by atoms with Gasteiger partial charge in [0, 0.05) is 6.54 Å². The van der Waals surface area contributed by atoms with E-state index in [-0.39, 0.29) is 17.1 Å². The summed E-state index contributed by atoms with van der Waals surface area (Å²) in [5, 5.41) is 13.0. The van der Waals surface area contributed by atoms with Gasteiger partial charge in [-0.15, -0.1) is 0 Å². The number of nitrogens with one attached hydrogen (secondary N) is 1. The van der Waals surface area contributed by atoms with E-state index in [4.69, 9.17) is 11.6 Å². The first kappa shape index (κ1) is 15.5. The van der Waals surface area contributed by atoms with Crippen molar-refractivity contribution < 1.29 is 18.3 Å². The Hall–Kier alpha value is -1.86. The number of halogens is 4. The van der Waals surface area contributed by atoms with Crippen LogP contribution in [0.4, 0.5) is 19.0 Å². The summed E-state index contributed by atoms with van der Waals surface area (Å²) < 4.78 is 37.8. The van der Waals surface area contributed by atoms with Crippen LogP contribution >= 0.6 is 11.6 Å². The third kappa shape index (κ3) is 4.05. The first-order valence-electron chi connectivity index (χ1n) is 5.92. The van der Waals surface area contributed by atoms with Gasteiger partial charge >= 0.3 is 6.18 Å². The molecule has 0 saturated heterocycles. The Morgan fingerprint density at radius 2 is 2.10 bits per heavy atom. The molecule has 1 aromatic carbocycles. The summed E-state index contributed by atoms with van der Waals surface area (Å²) in [5.41, 5.74) is -0.651. The van der Waals surface area contributed by atoms with Crippen LogP contribution in [0.3, 0.4) is 0 Å². The summed E-state index contributed by atoms with van der Waals surface area (Å²) in [7, 11) is 0. The van der Waals surface area contributed by atoms with Crippen molar-refractivity contribution in [1.82, 2.24) is 9.97 Å². The highest BCUT2D eigenvalue weighted by Crippen LogP contribution is 2.30. The first-order valence-corrected chi connectivity index (χ1v) is 6.30. The zero-order chi connectivity index (χ0) is 15.5. The average molecular weight is 318 g/mol. The molecule has 1 atom stereocenters. The number of hydrogen-bond donors (Lipinski definition) is 2. The number of rotatable bonds is 4. The van der Waals surface area contributed by atoms with Gasteiger partial charge in [0.05, 0.1) is 17.9 Å². The minimum Gasteiger partial charge on any atom is -0.387 e. The molecule has 1 heterocycles. The fraction of sp³-hybridized carbons (Fsp3) is 0.231. The lowest BCUT2D eigenvalue weighted by atomic mass is 10.1. The Morgan fingerprint density at radius 3 is 2.76 bits per heavy atom. The van der Waals surface area contributed by atoms with Crippen LogP contribution in [0.5, 0.6) is 0 Å². The van der Waals surface area contributed by atoms with Crippen molar-refractivity contribution in [2.24, 2.45) is 0 Å². The lowest BCUT2D eigenvalue weighted by molar-refractivity contribution is -0.137. The van der Waals surface area contributed by atoms with E-state index in [1.165, 1.54) is 24.7 Å². The van der Waals surface area contributed by atoms with Crippen LogP contribution < -0.4 is 5.32 Å². The smallest absolute Gasteiger partial charge is 0.387 e. The molecule has 112 valence electrons. The quantitative estimate of drug-likeness (QED) is 0.908. The molecule has 0 aliphatic carbocycles. The highest BCUT2D eigenvalue weighted by atomic mass is 35.5. The van der Waals surface area contributed by atoms with Gasteiger partial charge in [0.2, 0.25) is 0 Å². The Kier molecular flexibility index (Phi) is 4.64. The molecule has 0 bridgehead atoms. The Balaban J connectivity index is 2.07. The van der Waals surface area contributed by atoms with Crippen LogP contribution in [0.15, 0.2) is 36.8 Å². The molecule has 0 fully saturated rings. The third-order valence-corrected chi connectivity index (χ3v) is 3.01. The van der Waals surface area contributed by atoms with Crippen molar-refractivity contribution in [2.75, 3.05) is 11.9 Å².